The molecule has 0 spiro atoms. The number of nitrogens with zero attached hydrogens (tertiary/aromatic N) is 1. The summed E-state index contributed by atoms with van der Waals surface area (Å²) in [6.07, 6.45) is 1.48. The summed E-state index contributed by atoms with van der Waals surface area (Å²) in [7, 11) is 0. The Balaban J connectivity index is 2.73. The molecule has 0 aliphatic carbocycles. The van der Waals surface area contributed by atoms with Crippen molar-refractivity contribution in [3.63, 3.8) is 0 Å². The van der Waals surface area contributed by atoms with Gasteiger partial charge in [-0.15, -0.1) is 6.58 Å². The van der Waals surface area contributed by atoms with Crippen molar-refractivity contribution in [1.82, 2.24) is 9.55 Å². The van der Waals surface area contributed by atoms with E-state index in [-0.39, 0.29) is 23.9 Å². The number of carbonyl (C=O) groups excluding carboxylic acids is 1. The highest BCUT2D eigenvalue weighted by atomic mass is 16.2. The van der Waals surface area contributed by atoms with E-state index in [4.69, 9.17) is 0 Å². The number of aromatic nitrogens is 2. The van der Waals surface area contributed by atoms with Gasteiger partial charge in [-0.1, -0.05) is 37.1 Å². The number of nitrogens with one attached hydrogen (secondary N) is 1. The number of ketones is 1. The number of carbonyl (C=O) groups is 1. The van der Waals surface area contributed by atoms with Crippen molar-refractivity contribution in [2.75, 3.05) is 0 Å². The molecule has 0 fully saturated rings. The van der Waals surface area contributed by atoms with Crippen LogP contribution in [0.15, 0.2) is 40.4 Å². The molecule has 0 atom stereocenters. The highest BCUT2D eigenvalue weighted by molar-refractivity contribution is 6.08. The van der Waals surface area contributed by atoms with Crippen molar-refractivity contribution >= 4 is 5.78 Å². The van der Waals surface area contributed by atoms with Crippen molar-refractivity contribution in [1.29, 1.82) is 0 Å². The molecule has 0 aliphatic rings. The zero-order chi connectivity index (χ0) is 18.0. The Hall–Kier alpha value is -2.69. The van der Waals surface area contributed by atoms with Gasteiger partial charge < -0.3 is 4.98 Å². The van der Waals surface area contributed by atoms with E-state index in [0.717, 1.165) is 15.7 Å². The predicted octanol–water partition coefficient (Wildman–Crippen LogP) is 2.69. The second kappa shape index (κ2) is 6.83. The molecule has 5 nitrogen and oxygen atoms in total. The minimum Gasteiger partial charge on any atom is -0.303 e. The van der Waals surface area contributed by atoms with E-state index in [9.17, 15) is 14.4 Å². The average molecular weight is 326 g/mol. The van der Waals surface area contributed by atoms with Crippen LogP contribution in [-0.4, -0.2) is 15.3 Å². The molecule has 0 radical (unpaired) electrons. The molecule has 0 saturated carbocycles. The highest BCUT2D eigenvalue weighted by Gasteiger charge is 2.22. The number of benzene rings is 1. The minimum atomic E-state index is -0.600. The lowest BCUT2D eigenvalue weighted by Crippen LogP contribution is -2.39. The molecule has 1 heterocycles. The SMILES string of the molecule is C=CCn1c(=O)[nH]c(C(=O)c2cc(C)cc(C)c2)c(C(C)C)c1=O. The molecule has 5 heteroatoms. The van der Waals surface area contributed by atoms with Crippen LogP contribution in [0.5, 0.6) is 0 Å². The number of aromatic amines is 1. The molecule has 0 bridgehead atoms. The van der Waals surface area contributed by atoms with E-state index >= 15 is 0 Å². The van der Waals surface area contributed by atoms with E-state index in [2.05, 4.69) is 11.6 Å². The zero-order valence-corrected chi connectivity index (χ0v) is 14.5. The maximum absolute atomic E-state index is 12.9. The van der Waals surface area contributed by atoms with Crippen LogP contribution in [0.2, 0.25) is 0 Å². The van der Waals surface area contributed by atoms with E-state index in [1.165, 1.54) is 6.08 Å². The third-order valence-electron chi connectivity index (χ3n) is 3.82. The second-order valence-corrected chi connectivity index (χ2v) is 6.28. The number of hydrogen-bond acceptors (Lipinski definition) is 3. The Morgan fingerprint density at radius 2 is 1.79 bits per heavy atom. The number of allylic oxidation sites excluding steroid dienone is 1. The number of aryl methyl sites for hydroxylation is 2. The molecular weight excluding hydrogens is 304 g/mol. The summed E-state index contributed by atoms with van der Waals surface area (Å²) < 4.78 is 1.06. The van der Waals surface area contributed by atoms with Crippen molar-refractivity contribution in [2.45, 2.75) is 40.2 Å². The van der Waals surface area contributed by atoms with Gasteiger partial charge in [0, 0.05) is 17.7 Å². The van der Waals surface area contributed by atoms with Gasteiger partial charge in [-0.25, -0.2) is 4.79 Å². The van der Waals surface area contributed by atoms with E-state index in [1.54, 1.807) is 12.1 Å². The predicted molar refractivity (Wildman–Crippen MR) is 95.0 cm³/mol. The Labute approximate surface area is 140 Å². The summed E-state index contributed by atoms with van der Waals surface area (Å²) in [6.45, 7) is 11.1. The first-order valence-electron chi connectivity index (χ1n) is 7.87. The highest BCUT2D eigenvalue weighted by Crippen LogP contribution is 2.18. The summed E-state index contributed by atoms with van der Waals surface area (Å²) in [5, 5.41) is 0. The van der Waals surface area contributed by atoms with Gasteiger partial charge in [-0.05, 0) is 31.9 Å². The van der Waals surface area contributed by atoms with Gasteiger partial charge in [-0.3, -0.25) is 14.2 Å². The minimum absolute atomic E-state index is 0.0744. The molecule has 0 saturated heterocycles. The summed E-state index contributed by atoms with van der Waals surface area (Å²) in [6, 6.07) is 5.48. The lowest BCUT2D eigenvalue weighted by molar-refractivity contribution is 0.103. The third-order valence-corrected chi connectivity index (χ3v) is 3.82. The molecule has 24 heavy (non-hydrogen) atoms. The normalized spacial score (nSPS) is 10.9. The van der Waals surface area contributed by atoms with Gasteiger partial charge >= 0.3 is 5.69 Å². The van der Waals surface area contributed by atoms with Crippen molar-refractivity contribution < 1.29 is 4.79 Å². The van der Waals surface area contributed by atoms with Crippen molar-refractivity contribution in [3.05, 3.63) is 79.6 Å². The van der Waals surface area contributed by atoms with Crippen LogP contribution in [0.4, 0.5) is 0 Å². The van der Waals surface area contributed by atoms with Gasteiger partial charge in [0.1, 0.15) is 0 Å². The molecule has 1 aromatic carbocycles. The molecule has 2 aromatic rings. The number of hydrogen-bond donors (Lipinski definition) is 1. The molecule has 1 aromatic heterocycles. The van der Waals surface area contributed by atoms with Crippen LogP contribution in [-0.2, 0) is 6.54 Å². The maximum Gasteiger partial charge on any atom is 0.329 e. The van der Waals surface area contributed by atoms with Crippen molar-refractivity contribution in [2.24, 2.45) is 0 Å². The maximum atomic E-state index is 12.9. The monoisotopic (exact) mass is 326 g/mol. The fourth-order valence-corrected chi connectivity index (χ4v) is 2.85. The summed E-state index contributed by atoms with van der Waals surface area (Å²) in [5.74, 6) is -0.541. The van der Waals surface area contributed by atoms with Crippen molar-refractivity contribution in [3.8, 4) is 0 Å². The molecule has 2 rings (SSSR count). The first-order valence-corrected chi connectivity index (χ1v) is 7.87. The van der Waals surface area contributed by atoms with Crippen LogP contribution in [0.1, 0.15) is 52.5 Å². The summed E-state index contributed by atoms with van der Waals surface area (Å²) >= 11 is 0. The zero-order valence-electron chi connectivity index (χ0n) is 14.5. The van der Waals surface area contributed by atoms with E-state index in [0.29, 0.717) is 11.1 Å². The fourth-order valence-electron chi connectivity index (χ4n) is 2.85. The van der Waals surface area contributed by atoms with Crippen LogP contribution >= 0.6 is 0 Å². The Bertz CT molecular complexity index is 897. The van der Waals surface area contributed by atoms with Crippen LogP contribution in [0, 0.1) is 13.8 Å². The lowest BCUT2D eigenvalue weighted by atomic mass is 9.96. The average Bonchev–Trinajstić information content (AvgIpc) is 2.48. The van der Waals surface area contributed by atoms with Gasteiger partial charge in [-0.2, -0.15) is 0 Å². The lowest BCUT2D eigenvalue weighted by Gasteiger charge is -2.14. The molecule has 0 amide bonds. The molecule has 1 N–H and O–H groups in total. The largest absolute Gasteiger partial charge is 0.329 e. The summed E-state index contributed by atoms with van der Waals surface area (Å²) in [5.41, 5.74) is 1.72. The molecular formula is C19H22N2O3. The van der Waals surface area contributed by atoms with Gasteiger partial charge in [0.25, 0.3) is 5.56 Å². The first-order chi connectivity index (χ1) is 11.3. The standard InChI is InChI=1S/C19H22N2O3/c1-6-7-21-18(23)15(11(2)3)16(20-19(21)24)17(22)14-9-12(4)8-13(5)10-14/h6,8-11H,1,7H2,2-5H3,(H,20,24). The Morgan fingerprint density at radius 3 is 2.29 bits per heavy atom. The topological polar surface area (TPSA) is 71.9 Å². The van der Waals surface area contributed by atoms with Gasteiger partial charge in [0.2, 0.25) is 5.78 Å². The Morgan fingerprint density at radius 1 is 1.21 bits per heavy atom. The van der Waals surface area contributed by atoms with E-state index < -0.39 is 11.2 Å². The second-order valence-electron chi connectivity index (χ2n) is 6.28. The van der Waals surface area contributed by atoms with E-state index in [1.807, 2.05) is 33.8 Å². The van der Waals surface area contributed by atoms with Gasteiger partial charge in [0.15, 0.2) is 0 Å². The molecule has 0 aliphatic heterocycles. The molecule has 0 unspecified atom stereocenters. The smallest absolute Gasteiger partial charge is 0.303 e. The first kappa shape index (κ1) is 17.7. The summed E-state index contributed by atoms with van der Waals surface area (Å²) in [4.78, 5) is 40.4. The van der Waals surface area contributed by atoms with Crippen LogP contribution in [0.25, 0.3) is 0 Å². The van der Waals surface area contributed by atoms with Crippen LogP contribution < -0.4 is 11.2 Å². The number of rotatable bonds is 5. The van der Waals surface area contributed by atoms with Gasteiger partial charge in [0.05, 0.1) is 5.69 Å². The quantitative estimate of drug-likeness (QED) is 0.678. The van der Waals surface area contributed by atoms with Crippen LogP contribution in [0.3, 0.4) is 0 Å². The fraction of sp³-hybridized carbons (Fsp3) is 0.316. The Kier molecular flexibility index (Phi) is 5.02. The molecule has 126 valence electrons. The number of H-pyrrole nitrogens is 1. The third kappa shape index (κ3) is 3.30.